The SMILES string of the molecule is CCC(CC)(CO)NC(=O)CC1(CN)CCCCC1. The summed E-state index contributed by atoms with van der Waals surface area (Å²) in [5.41, 5.74) is 5.45. The normalized spacial score (nSPS) is 19.2. The van der Waals surface area contributed by atoms with Crippen LogP contribution < -0.4 is 11.1 Å². The summed E-state index contributed by atoms with van der Waals surface area (Å²) in [6.45, 7) is 4.59. The molecular formula is C15H30N2O2. The molecule has 0 aromatic heterocycles. The summed E-state index contributed by atoms with van der Waals surface area (Å²) in [4.78, 5) is 12.3. The van der Waals surface area contributed by atoms with Crippen molar-refractivity contribution in [2.75, 3.05) is 13.2 Å². The first-order valence-electron chi connectivity index (χ1n) is 7.67. The van der Waals surface area contributed by atoms with E-state index in [9.17, 15) is 9.90 Å². The summed E-state index contributed by atoms with van der Waals surface area (Å²) in [6, 6.07) is 0. The van der Waals surface area contributed by atoms with Crippen molar-refractivity contribution < 1.29 is 9.90 Å². The molecule has 1 aliphatic carbocycles. The zero-order valence-corrected chi connectivity index (χ0v) is 12.5. The molecule has 4 N–H and O–H groups in total. The van der Waals surface area contributed by atoms with E-state index < -0.39 is 5.54 Å². The molecule has 0 radical (unpaired) electrons. The van der Waals surface area contributed by atoms with Crippen LogP contribution in [0.4, 0.5) is 0 Å². The number of nitrogens with one attached hydrogen (secondary N) is 1. The molecule has 0 unspecified atom stereocenters. The van der Waals surface area contributed by atoms with Gasteiger partial charge in [0.25, 0.3) is 0 Å². The Bertz CT molecular complexity index is 274. The van der Waals surface area contributed by atoms with Gasteiger partial charge >= 0.3 is 0 Å². The predicted octanol–water partition coefficient (Wildman–Crippen LogP) is 1.95. The lowest BCUT2D eigenvalue weighted by molar-refractivity contribution is -0.126. The average molecular weight is 270 g/mol. The highest BCUT2D eigenvalue weighted by Crippen LogP contribution is 2.38. The van der Waals surface area contributed by atoms with Crippen LogP contribution in [0.3, 0.4) is 0 Å². The number of nitrogens with two attached hydrogens (primary N) is 1. The molecule has 0 saturated heterocycles. The minimum atomic E-state index is -0.457. The fourth-order valence-electron chi connectivity index (χ4n) is 3.13. The van der Waals surface area contributed by atoms with Crippen molar-refractivity contribution in [1.82, 2.24) is 5.32 Å². The molecule has 1 aliphatic rings. The number of hydrogen-bond donors (Lipinski definition) is 3. The molecule has 1 saturated carbocycles. The molecule has 0 heterocycles. The van der Waals surface area contributed by atoms with E-state index in [4.69, 9.17) is 5.73 Å². The molecule has 0 atom stereocenters. The van der Waals surface area contributed by atoms with Crippen molar-refractivity contribution in [3.05, 3.63) is 0 Å². The molecule has 19 heavy (non-hydrogen) atoms. The van der Waals surface area contributed by atoms with E-state index in [1.54, 1.807) is 0 Å². The number of aliphatic hydroxyl groups excluding tert-OH is 1. The van der Waals surface area contributed by atoms with Crippen LogP contribution in [-0.2, 0) is 4.79 Å². The second-order valence-corrected chi connectivity index (χ2v) is 6.14. The lowest BCUT2D eigenvalue weighted by Crippen LogP contribution is -2.52. The summed E-state index contributed by atoms with van der Waals surface area (Å²) in [5.74, 6) is 0.0464. The van der Waals surface area contributed by atoms with E-state index in [1.807, 2.05) is 13.8 Å². The number of amides is 1. The van der Waals surface area contributed by atoms with Crippen molar-refractivity contribution in [1.29, 1.82) is 0 Å². The Labute approximate surface area is 117 Å². The number of carbonyl (C=O) groups excluding carboxylic acids is 1. The summed E-state index contributed by atoms with van der Waals surface area (Å²) < 4.78 is 0. The van der Waals surface area contributed by atoms with Gasteiger partial charge in [-0.15, -0.1) is 0 Å². The Morgan fingerprint density at radius 2 is 1.84 bits per heavy atom. The number of rotatable bonds is 7. The van der Waals surface area contributed by atoms with Gasteiger partial charge < -0.3 is 16.2 Å². The zero-order chi connectivity index (χ0) is 14.4. The summed E-state index contributed by atoms with van der Waals surface area (Å²) >= 11 is 0. The van der Waals surface area contributed by atoms with Gasteiger partial charge in [-0.25, -0.2) is 0 Å². The highest BCUT2D eigenvalue weighted by atomic mass is 16.3. The van der Waals surface area contributed by atoms with Crippen molar-refractivity contribution in [3.8, 4) is 0 Å². The zero-order valence-electron chi connectivity index (χ0n) is 12.5. The van der Waals surface area contributed by atoms with E-state index in [2.05, 4.69) is 5.32 Å². The maximum atomic E-state index is 12.3. The third-order valence-electron chi connectivity index (χ3n) is 4.94. The molecular weight excluding hydrogens is 240 g/mol. The molecule has 112 valence electrons. The summed E-state index contributed by atoms with van der Waals surface area (Å²) in [6.07, 6.45) is 7.73. The van der Waals surface area contributed by atoms with Crippen LogP contribution in [-0.4, -0.2) is 29.7 Å². The lowest BCUT2D eigenvalue weighted by atomic mass is 9.71. The quantitative estimate of drug-likeness (QED) is 0.662. The predicted molar refractivity (Wildman–Crippen MR) is 77.7 cm³/mol. The summed E-state index contributed by atoms with van der Waals surface area (Å²) in [7, 11) is 0. The fraction of sp³-hybridized carbons (Fsp3) is 0.933. The smallest absolute Gasteiger partial charge is 0.221 e. The second kappa shape index (κ2) is 7.25. The Kier molecular flexibility index (Phi) is 6.27. The molecule has 0 aromatic carbocycles. The lowest BCUT2D eigenvalue weighted by Gasteiger charge is -2.38. The summed E-state index contributed by atoms with van der Waals surface area (Å²) in [5, 5.41) is 12.6. The minimum Gasteiger partial charge on any atom is -0.394 e. The maximum absolute atomic E-state index is 12.3. The monoisotopic (exact) mass is 270 g/mol. The highest BCUT2D eigenvalue weighted by molar-refractivity contribution is 5.77. The average Bonchev–Trinajstić information content (AvgIpc) is 2.46. The van der Waals surface area contributed by atoms with Crippen molar-refractivity contribution in [3.63, 3.8) is 0 Å². The maximum Gasteiger partial charge on any atom is 0.221 e. The Morgan fingerprint density at radius 1 is 1.26 bits per heavy atom. The van der Waals surface area contributed by atoms with Crippen LogP contribution in [0.25, 0.3) is 0 Å². The molecule has 1 rings (SSSR count). The molecule has 4 nitrogen and oxygen atoms in total. The Morgan fingerprint density at radius 3 is 2.26 bits per heavy atom. The van der Waals surface area contributed by atoms with Crippen LogP contribution >= 0.6 is 0 Å². The van der Waals surface area contributed by atoms with Gasteiger partial charge in [0, 0.05) is 6.42 Å². The van der Waals surface area contributed by atoms with Gasteiger partial charge in [0.1, 0.15) is 0 Å². The molecule has 0 spiro atoms. The molecule has 0 aliphatic heterocycles. The number of aliphatic hydroxyl groups is 1. The second-order valence-electron chi connectivity index (χ2n) is 6.14. The van der Waals surface area contributed by atoms with Gasteiger partial charge in [-0.2, -0.15) is 0 Å². The molecule has 0 aromatic rings. The first kappa shape index (κ1) is 16.4. The topological polar surface area (TPSA) is 75.3 Å². The van der Waals surface area contributed by atoms with Gasteiger partial charge in [0.2, 0.25) is 5.91 Å². The molecule has 1 fully saturated rings. The number of hydrogen-bond acceptors (Lipinski definition) is 3. The largest absolute Gasteiger partial charge is 0.394 e. The van der Waals surface area contributed by atoms with Crippen LogP contribution in [0.15, 0.2) is 0 Å². The fourth-order valence-corrected chi connectivity index (χ4v) is 3.13. The molecule has 4 heteroatoms. The van der Waals surface area contributed by atoms with E-state index in [-0.39, 0.29) is 17.9 Å². The van der Waals surface area contributed by atoms with Gasteiger partial charge in [-0.3, -0.25) is 4.79 Å². The van der Waals surface area contributed by atoms with Crippen molar-refractivity contribution >= 4 is 5.91 Å². The van der Waals surface area contributed by atoms with E-state index in [0.29, 0.717) is 13.0 Å². The van der Waals surface area contributed by atoms with Crippen LogP contribution in [0.5, 0.6) is 0 Å². The minimum absolute atomic E-state index is 0.00135. The van der Waals surface area contributed by atoms with Gasteiger partial charge in [-0.05, 0) is 37.6 Å². The van der Waals surface area contributed by atoms with Gasteiger partial charge in [0.15, 0.2) is 0 Å². The van der Waals surface area contributed by atoms with Crippen LogP contribution in [0, 0.1) is 5.41 Å². The van der Waals surface area contributed by atoms with Crippen molar-refractivity contribution in [2.45, 2.75) is 70.8 Å². The van der Waals surface area contributed by atoms with Crippen LogP contribution in [0.1, 0.15) is 65.2 Å². The van der Waals surface area contributed by atoms with Gasteiger partial charge in [-0.1, -0.05) is 33.1 Å². The van der Waals surface area contributed by atoms with Crippen molar-refractivity contribution in [2.24, 2.45) is 11.1 Å². The number of carbonyl (C=O) groups is 1. The molecule has 1 amide bonds. The first-order valence-corrected chi connectivity index (χ1v) is 7.67. The Balaban J connectivity index is 2.62. The third-order valence-corrected chi connectivity index (χ3v) is 4.94. The molecule has 0 bridgehead atoms. The van der Waals surface area contributed by atoms with E-state index in [0.717, 1.165) is 25.7 Å². The Hall–Kier alpha value is -0.610. The third kappa shape index (κ3) is 4.18. The van der Waals surface area contributed by atoms with E-state index in [1.165, 1.54) is 19.3 Å². The first-order chi connectivity index (χ1) is 9.05. The van der Waals surface area contributed by atoms with Crippen LogP contribution in [0.2, 0.25) is 0 Å². The van der Waals surface area contributed by atoms with Gasteiger partial charge in [0.05, 0.1) is 12.1 Å². The standard InChI is InChI=1S/C15H30N2O2/c1-3-15(4-2,12-18)17-13(19)10-14(11-16)8-6-5-7-9-14/h18H,3-12,16H2,1-2H3,(H,17,19). The highest BCUT2D eigenvalue weighted by Gasteiger charge is 2.35. The van der Waals surface area contributed by atoms with E-state index >= 15 is 0 Å².